The summed E-state index contributed by atoms with van der Waals surface area (Å²) in [6.45, 7) is 0. The normalized spacial score (nSPS) is 25.0. The van der Waals surface area contributed by atoms with E-state index in [-0.39, 0.29) is 29.7 Å². The molecule has 2 aliphatic rings. The van der Waals surface area contributed by atoms with Crippen LogP contribution in [0.25, 0.3) is 0 Å². The monoisotopic (exact) mass is 315 g/mol. The van der Waals surface area contributed by atoms with Gasteiger partial charge >= 0.3 is 0 Å². The van der Waals surface area contributed by atoms with Gasteiger partial charge in [0, 0.05) is 24.1 Å². The lowest BCUT2D eigenvalue weighted by Crippen LogP contribution is -2.41. The van der Waals surface area contributed by atoms with E-state index >= 15 is 0 Å². The number of hydrogen-bond donors (Lipinski definition) is 2. The van der Waals surface area contributed by atoms with Crippen LogP contribution in [-0.2, 0) is 9.59 Å². The molecule has 0 spiro atoms. The van der Waals surface area contributed by atoms with E-state index in [4.69, 9.17) is 0 Å². The van der Waals surface area contributed by atoms with Crippen molar-refractivity contribution in [2.75, 3.05) is 5.32 Å². The van der Waals surface area contributed by atoms with Gasteiger partial charge in [-0.1, -0.05) is 18.9 Å². The van der Waals surface area contributed by atoms with Crippen LogP contribution in [0.1, 0.15) is 51.4 Å². The van der Waals surface area contributed by atoms with Crippen molar-refractivity contribution < 1.29 is 9.59 Å². The highest BCUT2D eigenvalue weighted by atomic mass is 16.2. The SMILES string of the molecule is O=C(Nc1ccccn1)C1CCC(NC(=O)C2CCCC2)CC1. The third kappa shape index (κ3) is 4.30. The summed E-state index contributed by atoms with van der Waals surface area (Å²) in [6.07, 6.45) is 9.53. The van der Waals surface area contributed by atoms with Crippen LogP contribution in [0.3, 0.4) is 0 Å². The zero-order chi connectivity index (χ0) is 16.1. The Morgan fingerprint density at radius 2 is 1.61 bits per heavy atom. The Bertz CT molecular complexity index is 532. The number of pyridine rings is 1. The molecule has 2 saturated carbocycles. The topological polar surface area (TPSA) is 71.1 Å². The first-order valence-corrected chi connectivity index (χ1v) is 8.74. The molecule has 23 heavy (non-hydrogen) atoms. The fourth-order valence-electron chi connectivity index (χ4n) is 3.67. The number of carbonyl (C=O) groups is 2. The summed E-state index contributed by atoms with van der Waals surface area (Å²) in [7, 11) is 0. The number of nitrogens with zero attached hydrogens (tertiary/aromatic N) is 1. The molecule has 3 rings (SSSR count). The number of amides is 2. The van der Waals surface area contributed by atoms with Crippen molar-refractivity contribution in [2.24, 2.45) is 11.8 Å². The van der Waals surface area contributed by atoms with Gasteiger partial charge in [-0.25, -0.2) is 4.98 Å². The van der Waals surface area contributed by atoms with Crippen molar-refractivity contribution in [2.45, 2.75) is 57.4 Å². The molecule has 2 amide bonds. The number of nitrogens with one attached hydrogen (secondary N) is 2. The number of rotatable bonds is 4. The van der Waals surface area contributed by atoms with Gasteiger partial charge in [0.2, 0.25) is 11.8 Å². The molecule has 5 nitrogen and oxygen atoms in total. The van der Waals surface area contributed by atoms with E-state index < -0.39 is 0 Å². The Morgan fingerprint density at radius 1 is 0.913 bits per heavy atom. The van der Waals surface area contributed by atoms with Gasteiger partial charge in [-0.3, -0.25) is 9.59 Å². The molecule has 0 saturated heterocycles. The Kier molecular flexibility index (Phi) is 5.26. The minimum Gasteiger partial charge on any atom is -0.353 e. The smallest absolute Gasteiger partial charge is 0.228 e. The zero-order valence-corrected chi connectivity index (χ0v) is 13.5. The van der Waals surface area contributed by atoms with Gasteiger partial charge < -0.3 is 10.6 Å². The van der Waals surface area contributed by atoms with Crippen LogP contribution < -0.4 is 10.6 Å². The molecule has 0 unspecified atom stereocenters. The molecule has 0 aromatic carbocycles. The van der Waals surface area contributed by atoms with Gasteiger partial charge in [-0.05, 0) is 50.7 Å². The summed E-state index contributed by atoms with van der Waals surface area (Å²) in [5.41, 5.74) is 0. The maximum atomic E-state index is 12.3. The van der Waals surface area contributed by atoms with E-state index in [9.17, 15) is 9.59 Å². The van der Waals surface area contributed by atoms with Crippen LogP contribution >= 0.6 is 0 Å². The standard InChI is InChI=1S/C18H25N3O2/c22-17(13-5-1-2-6-13)20-15-10-8-14(9-11-15)18(23)21-16-7-3-4-12-19-16/h3-4,7,12-15H,1-2,5-6,8-11H2,(H,20,22)(H,19,21,23). The van der Waals surface area contributed by atoms with Crippen molar-refractivity contribution in [3.8, 4) is 0 Å². The van der Waals surface area contributed by atoms with Crippen LogP contribution in [0.5, 0.6) is 0 Å². The van der Waals surface area contributed by atoms with Gasteiger partial charge in [0.15, 0.2) is 0 Å². The molecule has 2 N–H and O–H groups in total. The lowest BCUT2D eigenvalue weighted by Gasteiger charge is -2.29. The molecular formula is C18H25N3O2. The van der Waals surface area contributed by atoms with E-state index in [1.807, 2.05) is 12.1 Å². The van der Waals surface area contributed by atoms with Gasteiger partial charge in [-0.2, -0.15) is 0 Å². The average molecular weight is 315 g/mol. The Hall–Kier alpha value is -1.91. The van der Waals surface area contributed by atoms with E-state index in [1.165, 1.54) is 12.8 Å². The molecule has 0 bridgehead atoms. The molecule has 0 aliphatic heterocycles. The third-order valence-electron chi connectivity index (χ3n) is 5.09. The maximum absolute atomic E-state index is 12.3. The minimum absolute atomic E-state index is 0.0247. The fourth-order valence-corrected chi connectivity index (χ4v) is 3.67. The number of aromatic nitrogens is 1. The van der Waals surface area contributed by atoms with E-state index in [0.29, 0.717) is 5.82 Å². The van der Waals surface area contributed by atoms with Gasteiger partial charge in [-0.15, -0.1) is 0 Å². The zero-order valence-electron chi connectivity index (χ0n) is 13.5. The van der Waals surface area contributed by atoms with Crippen molar-refractivity contribution >= 4 is 17.6 Å². The van der Waals surface area contributed by atoms with E-state index in [0.717, 1.165) is 38.5 Å². The van der Waals surface area contributed by atoms with Gasteiger partial charge in [0.05, 0.1) is 0 Å². The highest BCUT2D eigenvalue weighted by molar-refractivity contribution is 5.91. The molecule has 2 aliphatic carbocycles. The van der Waals surface area contributed by atoms with Crippen molar-refractivity contribution in [1.29, 1.82) is 0 Å². The molecule has 124 valence electrons. The first-order chi connectivity index (χ1) is 11.2. The molecule has 2 fully saturated rings. The summed E-state index contributed by atoms with van der Waals surface area (Å²) >= 11 is 0. The quantitative estimate of drug-likeness (QED) is 0.897. The maximum Gasteiger partial charge on any atom is 0.228 e. The van der Waals surface area contributed by atoms with Crippen LogP contribution in [0, 0.1) is 11.8 Å². The average Bonchev–Trinajstić information content (AvgIpc) is 3.11. The first-order valence-electron chi connectivity index (χ1n) is 8.74. The van der Waals surface area contributed by atoms with E-state index in [1.54, 1.807) is 12.3 Å². The summed E-state index contributed by atoms with van der Waals surface area (Å²) in [5, 5.41) is 6.06. The lowest BCUT2D eigenvalue weighted by molar-refractivity contribution is -0.125. The Balaban J connectivity index is 1.42. The molecule has 1 aromatic heterocycles. The largest absolute Gasteiger partial charge is 0.353 e. The summed E-state index contributed by atoms with van der Waals surface area (Å²) in [5.74, 6) is 1.12. The lowest BCUT2D eigenvalue weighted by atomic mass is 9.85. The van der Waals surface area contributed by atoms with Crippen molar-refractivity contribution in [3.63, 3.8) is 0 Å². The second kappa shape index (κ2) is 7.57. The fraction of sp³-hybridized carbons (Fsp3) is 0.611. The third-order valence-corrected chi connectivity index (χ3v) is 5.09. The summed E-state index contributed by atoms with van der Waals surface area (Å²) < 4.78 is 0. The predicted molar refractivity (Wildman–Crippen MR) is 88.7 cm³/mol. The Labute approximate surface area is 137 Å². The predicted octanol–water partition coefficient (Wildman–Crippen LogP) is 2.89. The number of hydrogen-bond acceptors (Lipinski definition) is 3. The first kappa shape index (κ1) is 16.0. The molecule has 0 atom stereocenters. The van der Waals surface area contributed by atoms with Crippen molar-refractivity contribution in [3.05, 3.63) is 24.4 Å². The Morgan fingerprint density at radius 3 is 2.26 bits per heavy atom. The number of anilines is 1. The van der Waals surface area contributed by atoms with Crippen molar-refractivity contribution in [1.82, 2.24) is 10.3 Å². The van der Waals surface area contributed by atoms with Crippen LogP contribution in [-0.4, -0.2) is 22.8 Å². The van der Waals surface area contributed by atoms with Crippen LogP contribution in [0.2, 0.25) is 0 Å². The molecule has 5 heteroatoms. The van der Waals surface area contributed by atoms with Crippen LogP contribution in [0.4, 0.5) is 5.82 Å². The minimum atomic E-state index is 0.0247. The summed E-state index contributed by atoms with van der Waals surface area (Å²) in [6, 6.07) is 5.72. The number of carbonyl (C=O) groups excluding carboxylic acids is 2. The molecule has 1 aromatic rings. The molecule has 1 heterocycles. The highest BCUT2D eigenvalue weighted by Crippen LogP contribution is 2.28. The van der Waals surface area contributed by atoms with Crippen LogP contribution in [0.15, 0.2) is 24.4 Å². The highest BCUT2D eigenvalue weighted by Gasteiger charge is 2.29. The summed E-state index contributed by atoms with van der Waals surface area (Å²) in [4.78, 5) is 28.6. The molecular weight excluding hydrogens is 290 g/mol. The van der Waals surface area contributed by atoms with Gasteiger partial charge in [0.25, 0.3) is 0 Å². The second-order valence-electron chi connectivity index (χ2n) is 6.74. The molecule has 0 radical (unpaired) electrons. The van der Waals surface area contributed by atoms with Gasteiger partial charge in [0.1, 0.15) is 5.82 Å². The second-order valence-corrected chi connectivity index (χ2v) is 6.74. The van der Waals surface area contributed by atoms with E-state index in [2.05, 4.69) is 15.6 Å².